The molecule has 6 rings (SSSR count). The first kappa shape index (κ1) is 45.7. The Bertz CT molecular complexity index is 2020. The van der Waals surface area contributed by atoms with Crippen molar-refractivity contribution in [2.75, 3.05) is 32.2 Å². The number of halogens is 1. The maximum Gasteiger partial charge on any atom is 0.407 e. The zero-order valence-electron chi connectivity index (χ0n) is 36.2. The fourth-order valence-electron chi connectivity index (χ4n) is 9.77. The van der Waals surface area contributed by atoms with E-state index in [0.29, 0.717) is 54.9 Å². The molecule has 15 nitrogen and oxygen atoms in total. The summed E-state index contributed by atoms with van der Waals surface area (Å²) in [4.78, 5) is 84.8. The molecule has 6 atom stereocenters. The number of anilines is 1. The summed E-state index contributed by atoms with van der Waals surface area (Å²) < 4.78 is 9.56. The van der Waals surface area contributed by atoms with Gasteiger partial charge in [0.15, 0.2) is 0 Å². The standard InChI is InChI=1S/C46H58ClN7O8/c1-27(2)37(50-43(59)61-5)39(55)52-25-7-23-45(52,41(48)57)31-13-9-29(10-14-31)35-21-22-36(54(35)34-19-17-33(47)18-20-34)30-11-15-32(16-12-30)46(42(49)58)24-8-26-53(46)40(56)38(28(3)4)51-44(60)62-6/h9-20,27-28,35-38H,7-8,21-26H2,1-6H3,(H2,48,57)(H2,49,58)(H,50,59)(H,51,60)/t35-,36-,37+,38+,45+,46+/m1/s1. The number of likely N-dealkylation sites (tertiary alicyclic amines) is 2. The van der Waals surface area contributed by atoms with Crippen LogP contribution in [0.2, 0.25) is 5.02 Å². The number of amides is 6. The lowest BCUT2D eigenvalue weighted by atomic mass is 9.84. The SMILES string of the molecule is COC(=O)N[C@H](C(=O)N1CCC[C@@]1(C(N)=O)c1ccc([C@H]2CC[C@H](c3ccc([C@]4(C(N)=O)CCCN4C(=O)[C@@H](NC(=O)OC)C(C)C)cc3)N2c2ccc(Cl)cc2)cc1)C(C)C. The quantitative estimate of drug-likeness (QED) is 0.164. The molecule has 3 aromatic carbocycles. The number of ether oxygens (including phenoxy) is 2. The molecule has 3 fully saturated rings. The molecule has 3 heterocycles. The topological polar surface area (TPSA) is 207 Å². The van der Waals surface area contributed by atoms with Crippen LogP contribution in [-0.4, -0.2) is 85.0 Å². The van der Waals surface area contributed by atoms with Gasteiger partial charge in [-0.05, 0) is 96.9 Å². The Morgan fingerprint density at radius 1 is 0.629 bits per heavy atom. The highest BCUT2D eigenvalue weighted by molar-refractivity contribution is 6.30. The highest BCUT2D eigenvalue weighted by Gasteiger charge is 2.53. The number of nitrogens with zero attached hydrogens (tertiary/aromatic N) is 3. The van der Waals surface area contributed by atoms with Crippen LogP contribution in [0.15, 0.2) is 72.8 Å². The minimum absolute atomic E-state index is 0.106. The summed E-state index contributed by atoms with van der Waals surface area (Å²) in [6.07, 6.45) is 1.82. The molecule has 6 amide bonds. The largest absolute Gasteiger partial charge is 0.453 e. The van der Waals surface area contributed by atoms with Crippen molar-refractivity contribution in [3.63, 3.8) is 0 Å². The number of nitrogens with one attached hydrogen (secondary N) is 2. The van der Waals surface area contributed by atoms with Gasteiger partial charge in [-0.25, -0.2) is 9.59 Å². The molecule has 0 radical (unpaired) electrons. The molecule has 0 bridgehead atoms. The molecule has 62 heavy (non-hydrogen) atoms. The smallest absolute Gasteiger partial charge is 0.407 e. The lowest BCUT2D eigenvalue weighted by Gasteiger charge is -2.39. The third-order valence-corrected chi connectivity index (χ3v) is 13.2. The van der Waals surface area contributed by atoms with Crippen LogP contribution < -0.4 is 27.0 Å². The Morgan fingerprint density at radius 3 is 1.32 bits per heavy atom. The van der Waals surface area contributed by atoms with E-state index in [2.05, 4.69) is 15.5 Å². The summed E-state index contributed by atoms with van der Waals surface area (Å²) in [6.45, 7) is 7.83. The van der Waals surface area contributed by atoms with E-state index in [0.717, 1.165) is 29.7 Å². The summed E-state index contributed by atoms with van der Waals surface area (Å²) in [5, 5.41) is 5.86. The monoisotopic (exact) mass is 871 g/mol. The number of methoxy groups -OCH3 is 2. The fraction of sp³-hybridized carbons (Fsp3) is 0.478. The number of hydrogen-bond donors (Lipinski definition) is 4. The van der Waals surface area contributed by atoms with E-state index >= 15 is 0 Å². The minimum Gasteiger partial charge on any atom is -0.453 e. The van der Waals surface area contributed by atoms with Gasteiger partial charge >= 0.3 is 12.2 Å². The van der Waals surface area contributed by atoms with E-state index in [9.17, 15) is 28.8 Å². The van der Waals surface area contributed by atoms with E-state index in [1.165, 1.54) is 24.0 Å². The second kappa shape index (κ2) is 18.6. The van der Waals surface area contributed by atoms with E-state index in [1.807, 2.05) is 100 Å². The molecule has 0 spiro atoms. The van der Waals surface area contributed by atoms with Crippen molar-refractivity contribution in [3.05, 3.63) is 100 Å². The minimum atomic E-state index is -1.41. The van der Waals surface area contributed by atoms with Crippen LogP contribution >= 0.6 is 11.6 Å². The third-order valence-electron chi connectivity index (χ3n) is 12.9. The highest BCUT2D eigenvalue weighted by atomic mass is 35.5. The number of carbonyl (C=O) groups is 6. The van der Waals surface area contributed by atoms with Crippen molar-refractivity contribution in [1.29, 1.82) is 0 Å². The van der Waals surface area contributed by atoms with Crippen LogP contribution in [0.4, 0.5) is 15.3 Å². The molecule has 3 aliphatic rings. The van der Waals surface area contributed by atoms with Gasteiger partial charge in [0, 0.05) is 23.8 Å². The maximum atomic E-state index is 14.1. The first-order valence-corrected chi connectivity index (χ1v) is 21.6. The zero-order valence-corrected chi connectivity index (χ0v) is 36.9. The predicted molar refractivity (Wildman–Crippen MR) is 234 cm³/mol. The van der Waals surface area contributed by atoms with Crippen LogP contribution in [0, 0.1) is 11.8 Å². The van der Waals surface area contributed by atoms with Crippen molar-refractivity contribution in [3.8, 4) is 0 Å². The van der Waals surface area contributed by atoms with Crippen molar-refractivity contribution >= 4 is 53.1 Å². The van der Waals surface area contributed by atoms with Gasteiger partial charge in [-0.1, -0.05) is 87.8 Å². The lowest BCUT2D eigenvalue weighted by molar-refractivity contribution is -0.146. The number of primary amides is 2. The van der Waals surface area contributed by atoms with Crippen molar-refractivity contribution in [1.82, 2.24) is 20.4 Å². The number of rotatable bonds is 13. The van der Waals surface area contributed by atoms with Crippen LogP contribution in [-0.2, 0) is 39.7 Å². The Labute approximate surface area is 367 Å². The van der Waals surface area contributed by atoms with Crippen LogP contribution in [0.1, 0.15) is 101 Å². The first-order chi connectivity index (χ1) is 29.5. The van der Waals surface area contributed by atoms with Crippen LogP contribution in [0.3, 0.4) is 0 Å². The molecular formula is C46H58ClN7O8. The van der Waals surface area contributed by atoms with E-state index in [1.54, 1.807) is 0 Å². The normalized spacial score (nSPS) is 23.3. The maximum absolute atomic E-state index is 14.1. The average Bonchev–Trinajstić information content (AvgIpc) is 4.03. The molecule has 3 saturated heterocycles. The average molecular weight is 872 g/mol. The van der Waals surface area contributed by atoms with Gasteiger partial charge in [0.1, 0.15) is 23.2 Å². The summed E-state index contributed by atoms with van der Waals surface area (Å²) in [6, 6.07) is 21.0. The van der Waals surface area contributed by atoms with E-state index in [4.69, 9.17) is 32.5 Å². The Morgan fingerprint density at radius 2 is 1.00 bits per heavy atom. The number of nitrogens with two attached hydrogens (primary N) is 2. The first-order valence-electron chi connectivity index (χ1n) is 21.2. The Balaban J connectivity index is 1.32. The number of carbonyl (C=O) groups excluding carboxylic acids is 6. The lowest BCUT2D eigenvalue weighted by Crippen LogP contribution is -2.59. The molecule has 3 aromatic rings. The second-order valence-corrected chi connectivity index (χ2v) is 17.5. The molecule has 16 heteroatoms. The molecule has 0 aromatic heterocycles. The van der Waals surface area contributed by atoms with E-state index in [-0.39, 0.29) is 23.9 Å². The summed E-state index contributed by atoms with van der Waals surface area (Å²) in [7, 11) is 2.46. The fourth-order valence-corrected chi connectivity index (χ4v) is 9.89. The van der Waals surface area contributed by atoms with Crippen LogP contribution in [0.25, 0.3) is 0 Å². The van der Waals surface area contributed by atoms with E-state index < -0.39 is 59.0 Å². The highest BCUT2D eigenvalue weighted by Crippen LogP contribution is 2.49. The Hall–Kier alpha value is -5.83. The zero-order chi connectivity index (χ0) is 45.1. The summed E-state index contributed by atoms with van der Waals surface area (Å²) in [5.74, 6) is -2.69. The Kier molecular flexibility index (Phi) is 13.7. The molecule has 6 N–H and O–H groups in total. The molecule has 3 aliphatic heterocycles. The summed E-state index contributed by atoms with van der Waals surface area (Å²) in [5.41, 5.74) is 13.6. The van der Waals surface area contributed by atoms with Gasteiger partial charge in [-0.2, -0.15) is 0 Å². The van der Waals surface area contributed by atoms with Gasteiger partial charge in [-0.15, -0.1) is 0 Å². The molecule has 0 unspecified atom stereocenters. The van der Waals surface area contributed by atoms with Crippen molar-refractivity contribution in [2.24, 2.45) is 23.3 Å². The number of benzene rings is 3. The van der Waals surface area contributed by atoms with Gasteiger partial charge in [0.25, 0.3) is 0 Å². The molecule has 332 valence electrons. The molecular weight excluding hydrogens is 814 g/mol. The number of alkyl carbamates (subject to hydrolysis) is 2. The van der Waals surface area contributed by atoms with Gasteiger partial charge < -0.3 is 46.3 Å². The molecule has 0 aliphatic carbocycles. The van der Waals surface area contributed by atoms with Crippen LogP contribution in [0.5, 0.6) is 0 Å². The van der Waals surface area contributed by atoms with Gasteiger partial charge in [0.2, 0.25) is 23.6 Å². The third kappa shape index (κ3) is 8.38. The van der Waals surface area contributed by atoms with Gasteiger partial charge in [-0.3, -0.25) is 19.2 Å². The van der Waals surface area contributed by atoms with Crippen molar-refractivity contribution in [2.45, 2.75) is 101 Å². The van der Waals surface area contributed by atoms with Gasteiger partial charge in [0.05, 0.1) is 26.3 Å². The summed E-state index contributed by atoms with van der Waals surface area (Å²) >= 11 is 6.36. The molecule has 0 saturated carbocycles. The predicted octanol–water partition coefficient (Wildman–Crippen LogP) is 5.79. The van der Waals surface area contributed by atoms with Crippen molar-refractivity contribution < 1.29 is 38.2 Å². The number of hydrogen-bond acceptors (Lipinski definition) is 9. The second-order valence-electron chi connectivity index (χ2n) is 17.1.